The maximum absolute atomic E-state index is 5.65. The summed E-state index contributed by atoms with van der Waals surface area (Å²) in [5.41, 5.74) is 3.05. The van der Waals surface area contributed by atoms with E-state index in [1.54, 1.807) is 6.20 Å². The van der Waals surface area contributed by atoms with E-state index in [2.05, 4.69) is 55.6 Å². The van der Waals surface area contributed by atoms with Crippen LogP contribution in [0.3, 0.4) is 0 Å². The summed E-state index contributed by atoms with van der Waals surface area (Å²) in [5.74, 6) is 1.24. The maximum Gasteiger partial charge on any atom is 0.229 e. The molecule has 0 aliphatic heterocycles. The Hall–Kier alpha value is -2.44. The third-order valence-electron chi connectivity index (χ3n) is 3.90. The highest BCUT2D eigenvalue weighted by Gasteiger charge is 2.06. The highest BCUT2D eigenvalue weighted by Crippen LogP contribution is 2.25. The summed E-state index contributed by atoms with van der Waals surface area (Å²) < 4.78 is 6.45. The van der Waals surface area contributed by atoms with Crippen LogP contribution in [0, 0.1) is 0 Å². The number of nitrogens with one attached hydrogen (secondary N) is 2. The SMILES string of the molecule is CCCCOCc1ccc(Nc2ncc(Br)c(Nc3ccccc3)n2)cc1. The average Bonchev–Trinajstić information content (AvgIpc) is 2.70. The third-order valence-corrected chi connectivity index (χ3v) is 4.48. The molecule has 0 spiro atoms. The lowest BCUT2D eigenvalue weighted by Crippen LogP contribution is -2.02. The number of benzene rings is 2. The lowest BCUT2D eigenvalue weighted by Gasteiger charge is -2.11. The van der Waals surface area contributed by atoms with Crippen molar-refractivity contribution < 1.29 is 4.74 Å². The molecule has 0 bridgehead atoms. The Morgan fingerprint density at radius 1 is 0.963 bits per heavy atom. The fourth-order valence-corrected chi connectivity index (χ4v) is 2.71. The number of aromatic nitrogens is 2. The van der Waals surface area contributed by atoms with Gasteiger partial charge in [0, 0.05) is 24.2 Å². The molecule has 2 aromatic carbocycles. The van der Waals surface area contributed by atoms with Crippen LogP contribution < -0.4 is 10.6 Å². The predicted octanol–water partition coefficient (Wildman–Crippen LogP) is 6.04. The number of rotatable bonds is 9. The van der Waals surface area contributed by atoms with Gasteiger partial charge in [0.1, 0.15) is 5.82 Å². The van der Waals surface area contributed by atoms with E-state index in [1.807, 2.05) is 42.5 Å². The molecule has 0 aliphatic rings. The third kappa shape index (κ3) is 6.05. The van der Waals surface area contributed by atoms with Crippen molar-refractivity contribution in [1.29, 1.82) is 0 Å². The summed E-state index contributed by atoms with van der Waals surface area (Å²) in [7, 11) is 0. The Balaban J connectivity index is 1.62. The van der Waals surface area contributed by atoms with Crippen molar-refractivity contribution in [3.05, 3.63) is 70.8 Å². The summed E-state index contributed by atoms with van der Waals surface area (Å²) in [4.78, 5) is 8.88. The Morgan fingerprint density at radius 3 is 2.44 bits per heavy atom. The van der Waals surface area contributed by atoms with E-state index in [1.165, 1.54) is 0 Å². The Morgan fingerprint density at radius 2 is 1.70 bits per heavy atom. The summed E-state index contributed by atoms with van der Waals surface area (Å²) in [6.07, 6.45) is 3.98. The van der Waals surface area contributed by atoms with Gasteiger partial charge in [-0.05, 0) is 52.2 Å². The van der Waals surface area contributed by atoms with E-state index in [0.29, 0.717) is 18.4 Å². The van der Waals surface area contributed by atoms with E-state index in [-0.39, 0.29) is 0 Å². The lowest BCUT2D eigenvalue weighted by atomic mass is 10.2. The van der Waals surface area contributed by atoms with Crippen LogP contribution in [0.2, 0.25) is 0 Å². The molecule has 0 radical (unpaired) electrons. The summed E-state index contributed by atoms with van der Waals surface area (Å²) in [6.45, 7) is 3.61. The van der Waals surface area contributed by atoms with Crippen molar-refractivity contribution in [3.63, 3.8) is 0 Å². The van der Waals surface area contributed by atoms with Gasteiger partial charge in [0.05, 0.1) is 11.1 Å². The van der Waals surface area contributed by atoms with Crippen molar-refractivity contribution in [2.75, 3.05) is 17.2 Å². The molecule has 0 unspecified atom stereocenters. The highest BCUT2D eigenvalue weighted by molar-refractivity contribution is 9.10. The molecular weight excluding hydrogens is 404 g/mol. The average molecular weight is 427 g/mol. The zero-order valence-corrected chi connectivity index (χ0v) is 16.9. The van der Waals surface area contributed by atoms with Crippen LogP contribution in [0.15, 0.2) is 65.3 Å². The molecule has 1 aromatic heterocycles. The number of ether oxygens (including phenoxy) is 1. The molecule has 0 saturated carbocycles. The minimum atomic E-state index is 0.531. The van der Waals surface area contributed by atoms with Crippen molar-refractivity contribution in [2.45, 2.75) is 26.4 Å². The van der Waals surface area contributed by atoms with Crippen molar-refractivity contribution in [3.8, 4) is 0 Å². The maximum atomic E-state index is 5.65. The molecule has 5 nitrogen and oxygen atoms in total. The summed E-state index contributed by atoms with van der Waals surface area (Å²) in [6, 6.07) is 18.0. The van der Waals surface area contributed by atoms with E-state index in [4.69, 9.17) is 4.74 Å². The van der Waals surface area contributed by atoms with Crippen LogP contribution in [0.4, 0.5) is 23.1 Å². The zero-order chi connectivity index (χ0) is 18.9. The standard InChI is InChI=1S/C21H23BrN4O/c1-2-3-13-27-15-16-9-11-18(12-10-16)25-21-23-14-19(22)20(26-21)24-17-7-5-4-6-8-17/h4-12,14H,2-3,13,15H2,1H3,(H2,23,24,25,26). The molecule has 2 N–H and O–H groups in total. The topological polar surface area (TPSA) is 59.1 Å². The molecule has 6 heteroatoms. The molecule has 0 fully saturated rings. The second kappa shape index (κ2) is 10.0. The summed E-state index contributed by atoms with van der Waals surface area (Å²) >= 11 is 3.49. The quantitative estimate of drug-likeness (QED) is 0.408. The highest BCUT2D eigenvalue weighted by atomic mass is 79.9. The van der Waals surface area contributed by atoms with Crippen LogP contribution in [0.25, 0.3) is 0 Å². The molecule has 0 atom stereocenters. The van der Waals surface area contributed by atoms with E-state index >= 15 is 0 Å². The number of nitrogens with zero attached hydrogens (tertiary/aromatic N) is 2. The van der Waals surface area contributed by atoms with Gasteiger partial charge < -0.3 is 15.4 Å². The Labute approximate surface area is 168 Å². The molecule has 1 heterocycles. The number of halogens is 1. The van der Waals surface area contributed by atoms with Gasteiger partial charge in [0.15, 0.2) is 0 Å². The second-order valence-corrected chi connectivity index (χ2v) is 6.96. The molecule has 3 aromatic rings. The first-order valence-corrected chi connectivity index (χ1v) is 9.82. The molecule has 27 heavy (non-hydrogen) atoms. The zero-order valence-electron chi connectivity index (χ0n) is 15.3. The summed E-state index contributed by atoms with van der Waals surface area (Å²) in [5, 5.41) is 6.52. The molecular formula is C21H23BrN4O. The molecule has 140 valence electrons. The first-order valence-electron chi connectivity index (χ1n) is 9.03. The first kappa shape index (κ1) is 19.3. The smallest absolute Gasteiger partial charge is 0.229 e. The predicted molar refractivity (Wildman–Crippen MR) is 114 cm³/mol. The van der Waals surface area contributed by atoms with Crippen molar-refractivity contribution in [2.24, 2.45) is 0 Å². The van der Waals surface area contributed by atoms with Gasteiger partial charge in [-0.3, -0.25) is 0 Å². The van der Waals surface area contributed by atoms with Gasteiger partial charge in [-0.2, -0.15) is 4.98 Å². The number of hydrogen-bond donors (Lipinski definition) is 2. The van der Waals surface area contributed by atoms with Crippen LogP contribution in [0.1, 0.15) is 25.3 Å². The first-order chi connectivity index (χ1) is 13.2. The van der Waals surface area contributed by atoms with E-state index < -0.39 is 0 Å². The van der Waals surface area contributed by atoms with E-state index in [0.717, 1.165) is 40.9 Å². The van der Waals surface area contributed by atoms with Crippen molar-refractivity contribution in [1.82, 2.24) is 9.97 Å². The Kier molecular flexibility index (Phi) is 7.19. The lowest BCUT2D eigenvalue weighted by molar-refractivity contribution is 0.118. The number of hydrogen-bond acceptors (Lipinski definition) is 5. The second-order valence-electron chi connectivity index (χ2n) is 6.11. The number of para-hydroxylation sites is 1. The minimum Gasteiger partial charge on any atom is -0.377 e. The van der Waals surface area contributed by atoms with Gasteiger partial charge in [0.2, 0.25) is 5.95 Å². The van der Waals surface area contributed by atoms with Crippen LogP contribution in [0.5, 0.6) is 0 Å². The molecule has 0 amide bonds. The normalized spacial score (nSPS) is 10.6. The molecule has 3 rings (SSSR count). The van der Waals surface area contributed by atoms with Gasteiger partial charge in [-0.1, -0.05) is 43.7 Å². The Bertz CT molecular complexity index is 841. The van der Waals surface area contributed by atoms with Crippen LogP contribution in [-0.4, -0.2) is 16.6 Å². The fraction of sp³-hybridized carbons (Fsp3) is 0.238. The van der Waals surface area contributed by atoms with Gasteiger partial charge >= 0.3 is 0 Å². The van der Waals surface area contributed by atoms with Gasteiger partial charge in [-0.25, -0.2) is 4.98 Å². The van der Waals surface area contributed by atoms with E-state index in [9.17, 15) is 0 Å². The van der Waals surface area contributed by atoms with Crippen LogP contribution in [-0.2, 0) is 11.3 Å². The van der Waals surface area contributed by atoms with Gasteiger partial charge in [0.25, 0.3) is 0 Å². The monoisotopic (exact) mass is 426 g/mol. The van der Waals surface area contributed by atoms with Crippen LogP contribution >= 0.6 is 15.9 Å². The molecule has 0 saturated heterocycles. The largest absolute Gasteiger partial charge is 0.377 e. The fourth-order valence-electron chi connectivity index (χ4n) is 2.42. The minimum absolute atomic E-state index is 0.531. The van der Waals surface area contributed by atoms with Gasteiger partial charge in [-0.15, -0.1) is 0 Å². The van der Waals surface area contributed by atoms with Crippen molar-refractivity contribution >= 4 is 39.1 Å². The molecule has 0 aliphatic carbocycles. The number of unbranched alkanes of at least 4 members (excludes halogenated alkanes) is 1. The number of anilines is 4.